The summed E-state index contributed by atoms with van der Waals surface area (Å²) in [4.78, 5) is 12.6. The molecule has 0 bridgehead atoms. The van der Waals surface area contributed by atoms with Crippen LogP contribution < -0.4 is 9.47 Å². The molecule has 208 valence electrons. The van der Waals surface area contributed by atoms with E-state index in [9.17, 15) is 18.0 Å². The highest BCUT2D eigenvalue weighted by Gasteiger charge is 2.19. The maximum Gasteiger partial charge on any atom is 0.343 e. The second-order valence-electron chi connectivity index (χ2n) is 9.83. The Morgan fingerprint density at radius 2 is 1.30 bits per heavy atom. The van der Waals surface area contributed by atoms with Gasteiger partial charge in [-0.1, -0.05) is 87.1 Å². The highest BCUT2D eigenvalue weighted by atomic mass is 19.2. The molecule has 0 aromatic heterocycles. The number of hydrogen-bond acceptors (Lipinski definition) is 3. The van der Waals surface area contributed by atoms with Crippen LogP contribution in [0.4, 0.5) is 13.2 Å². The van der Waals surface area contributed by atoms with Crippen LogP contribution in [-0.2, 0) is 0 Å². The van der Waals surface area contributed by atoms with Crippen molar-refractivity contribution in [3.05, 3.63) is 107 Å². The lowest BCUT2D eigenvalue weighted by molar-refractivity contribution is 0.0726. The van der Waals surface area contributed by atoms with E-state index in [1.807, 2.05) is 6.92 Å². The second kappa shape index (κ2) is 13.8. The minimum Gasteiger partial charge on any atom is -0.491 e. The Balaban J connectivity index is 1.37. The van der Waals surface area contributed by atoms with E-state index in [1.165, 1.54) is 49.6 Å². The van der Waals surface area contributed by atoms with Crippen LogP contribution in [0.5, 0.6) is 11.5 Å². The topological polar surface area (TPSA) is 35.5 Å². The van der Waals surface area contributed by atoms with E-state index in [0.717, 1.165) is 24.8 Å². The van der Waals surface area contributed by atoms with Crippen LogP contribution in [0.15, 0.2) is 78.9 Å². The van der Waals surface area contributed by atoms with Crippen molar-refractivity contribution in [3.8, 4) is 33.8 Å². The normalized spacial score (nSPS) is 10.9. The number of esters is 1. The van der Waals surface area contributed by atoms with Crippen LogP contribution in [-0.4, -0.2) is 12.6 Å². The molecule has 0 heterocycles. The SMILES string of the molecule is CCCCCCCCOc1ccc(-c2ccc(C(=O)Oc3ccc(-c4ccc(C)cc4)c(F)c3F)cc2)cc1F. The van der Waals surface area contributed by atoms with Gasteiger partial charge < -0.3 is 9.47 Å². The van der Waals surface area contributed by atoms with Crippen LogP contribution in [0.3, 0.4) is 0 Å². The van der Waals surface area contributed by atoms with Crippen molar-refractivity contribution in [2.75, 3.05) is 6.61 Å². The van der Waals surface area contributed by atoms with Crippen molar-refractivity contribution in [1.82, 2.24) is 0 Å². The fourth-order valence-corrected chi connectivity index (χ4v) is 4.39. The van der Waals surface area contributed by atoms with Gasteiger partial charge in [-0.05, 0) is 66.4 Å². The molecule has 0 aliphatic rings. The number of carbonyl (C=O) groups excluding carboxylic acids is 1. The van der Waals surface area contributed by atoms with E-state index >= 15 is 0 Å². The summed E-state index contributed by atoms with van der Waals surface area (Å²) in [6, 6.07) is 20.6. The molecule has 0 aliphatic heterocycles. The predicted molar refractivity (Wildman–Crippen MR) is 152 cm³/mol. The van der Waals surface area contributed by atoms with E-state index in [1.54, 1.807) is 48.5 Å². The smallest absolute Gasteiger partial charge is 0.343 e. The van der Waals surface area contributed by atoms with Crippen molar-refractivity contribution in [1.29, 1.82) is 0 Å². The Morgan fingerprint density at radius 3 is 2.00 bits per heavy atom. The summed E-state index contributed by atoms with van der Waals surface area (Å²) in [5.41, 5.74) is 3.03. The molecule has 6 heteroatoms. The summed E-state index contributed by atoms with van der Waals surface area (Å²) < 4.78 is 54.8. The molecule has 0 saturated heterocycles. The van der Waals surface area contributed by atoms with Gasteiger partial charge in [-0.3, -0.25) is 0 Å². The maximum absolute atomic E-state index is 14.7. The number of unbranched alkanes of at least 4 members (excludes halogenated alkanes) is 5. The van der Waals surface area contributed by atoms with Crippen LogP contribution >= 0.6 is 0 Å². The first-order valence-electron chi connectivity index (χ1n) is 13.7. The quantitative estimate of drug-likeness (QED) is 0.101. The third kappa shape index (κ3) is 7.32. The van der Waals surface area contributed by atoms with E-state index in [2.05, 4.69) is 6.92 Å². The number of hydrogen-bond donors (Lipinski definition) is 0. The second-order valence-corrected chi connectivity index (χ2v) is 9.83. The van der Waals surface area contributed by atoms with Crippen molar-refractivity contribution < 1.29 is 27.4 Å². The number of aryl methyl sites for hydroxylation is 1. The van der Waals surface area contributed by atoms with E-state index in [4.69, 9.17) is 9.47 Å². The molecular formula is C34H33F3O3. The molecule has 4 aromatic rings. The third-order valence-electron chi connectivity index (χ3n) is 6.75. The highest BCUT2D eigenvalue weighted by Crippen LogP contribution is 2.31. The third-order valence-corrected chi connectivity index (χ3v) is 6.75. The zero-order valence-corrected chi connectivity index (χ0v) is 22.8. The van der Waals surface area contributed by atoms with Gasteiger partial charge in [0.05, 0.1) is 12.2 Å². The van der Waals surface area contributed by atoms with E-state index < -0.39 is 29.2 Å². The molecule has 0 N–H and O–H groups in total. The number of benzene rings is 4. The number of halogens is 3. The van der Waals surface area contributed by atoms with Crippen LogP contribution in [0.25, 0.3) is 22.3 Å². The van der Waals surface area contributed by atoms with Gasteiger partial charge in [0, 0.05) is 5.56 Å². The molecule has 40 heavy (non-hydrogen) atoms. The Labute approximate surface area is 233 Å². The summed E-state index contributed by atoms with van der Waals surface area (Å²) in [5, 5.41) is 0. The lowest BCUT2D eigenvalue weighted by Gasteiger charge is -2.11. The molecule has 0 fully saturated rings. The summed E-state index contributed by atoms with van der Waals surface area (Å²) >= 11 is 0. The van der Waals surface area contributed by atoms with E-state index in [-0.39, 0.29) is 16.9 Å². The average Bonchev–Trinajstić information content (AvgIpc) is 2.96. The fourth-order valence-electron chi connectivity index (χ4n) is 4.39. The van der Waals surface area contributed by atoms with Gasteiger partial charge >= 0.3 is 5.97 Å². The van der Waals surface area contributed by atoms with Crippen LogP contribution in [0.2, 0.25) is 0 Å². The first-order chi connectivity index (χ1) is 19.4. The molecule has 0 aliphatic carbocycles. The number of carbonyl (C=O) groups is 1. The summed E-state index contributed by atoms with van der Waals surface area (Å²) in [7, 11) is 0. The van der Waals surface area contributed by atoms with Gasteiger partial charge in [0.15, 0.2) is 23.1 Å². The fraction of sp³-hybridized carbons (Fsp3) is 0.265. The molecule has 0 amide bonds. The molecule has 3 nitrogen and oxygen atoms in total. The monoisotopic (exact) mass is 546 g/mol. The predicted octanol–water partition coefficient (Wildman–Crippen LogP) is 9.70. The van der Waals surface area contributed by atoms with Gasteiger partial charge in [-0.2, -0.15) is 4.39 Å². The van der Waals surface area contributed by atoms with Gasteiger partial charge in [0.25, 0.3) is 0 Å². The summed E-state index contributed by atoms with van der Waals surface area (Å²) in [5.74, 6) is -3.92. The molecule has 0 unspecified atom stereocenters. The van der Waals surface area contributed by atoms with Gasteiger partial charge in [-0.25, -0.2) is 13.6 Å². The molecule has 0 radical (unpaired) electrons. The Hall–Kier alpha value is -4.06. The average molecular weight is 547 g/mol. The van der Waals surface area contributed by atoms with Crippen LogP contribution in [0, 0.1) is 24.4 Å². The first-order valence-corrected chi connectivity index (χ1v) is 13.7. The Morgan fingerprint density at radius 1 is 0.675 bits per heavy atom. The number of ether oxygens (including phenoxy) is 2. The molecular weight excluding hydrogens is 513 g/mol. The Kier molecular flexibility index (Phi) is 10.0. The minimum atomic E-state index is -1.24. The largest absolute Gasteiger partial charge is 0.491 e. The van der Waals surface area contributed by atoms with Crippen molar-refractivity contribution >= 4 is 5.97 Å². The van der Waals surface area contributed by atoms with Crippen molar-refractivity contribution in [2.45, 2.75) is 52.4 Å². The Bertz CT molecular complexity index is 1430. The lowest BCUT2D eigenvalue weighted by atomic mass is 10.0. The standard InChI is InChI=1S/C34H33F3O3/c1-3-4-5-6-7-8-21-39-30-19-17-27(22-29(30)35)24-13-15-26(16-14-24)34(38)40-31-20-18-28(32(36)33(31)37)25-11-9-23(2)10-12-25/h9-20,22H,3-8,21H2,1-2H3. The van der Waals surface area contributed by atoms with Crippen LogP contribution in [0.1, 0.15) is 61.4 Å². The van der Waals surface area contributed by atoms with Gasteiger partial charge in [0.2, 0.25) is 5.82 Å². The molecule has 4 aromatic carbocycles. The van der Waals surface area contributed by atoms with Crippen molar-refractivity contribution in [3.63, 3.8) is 0 Å². The molecule has 0 atom stereocenters. The molecule has 0 spiro atoms. The lowest BCUT2D eigenvalue weighted by Crippen LogP contribution is -2.10. The molecule has 4 rings (SSSR count). The zero-order chi connectivity index (χ0) is 28.5. The van der Waals surface area contributed by atoms with Gasteiger partial charge in [0.1, 0.15) is 0 Å². The number of rotatable bonds is 12. The first kappa shape index (κ1) is 28.9. The minimum absolute atomic E-state index is 0.0766. The summed E-state index contributed by atoms with van der Waals surface area (Å²) in [6.45, 7) is 4.55. The zero-order valence-electron chi connectivity index (χ0n) is 22.8. The van der Waals surface area contributed by atoms with E-state index in [0.29, 0.717) is 23.3 Å². The van der Waals surface area contributed by atoms with Crippen molar-refractivity contribution in [2.24, 2.45) is 0 Å². The maximum atomic E-state index is 14.7. The molecule has 0 saturated carbocycles. The highest BCUT2D eigenvalue weighted by molar-refractivity contribution is 5.91. The summed E-state index contributed by atoms with van der Waals surface area (Å²) in [6.07, 6.45) is 6.76. The van der Waals surface area contributed by atoms with Gasteiger partial charge in [-0.15, -0.1) is 0 Å².